The molecule has 0 N–H and O–H groups in total. The maximum Gasteiger partial charge on any atom is 0.212 e. The lowest BCUT2D eigenvalue weighted by Crippen LogP contribution is -1.97. The van der Waals surface area contributed by atoms with Crippen LogP contribution >= 0.6 is 11.8 Å². The second kappa shape index (κ2) is 7.75. The van der Waals surface area contributed by atoms with Crippen LogP contribution in [-0.4, -0.2) is 26.4 Å². The minimum Gasteiger partial charge on any atom is -0.494 e. The fraction of sp³-hybridized carbons (Fsp3) is 0.150. The Hall–Kier alpha value is -2.93. The summed E-state index contributed by atoms with van der Waals surface area (Å²) in [5.41, 5.74) is 3.06. The van der Waals surface area contributed by atoms with Crippen molar-refractivity contribution in [1.82, 2.24) is 19.8 Å². The summed E-state index contributed by atoms with van der Waals surface area (Å²) < 4.78 is 21.0. The molecule has 4 aromatic rings. The molecule has 27 heavy (non-hydrogen) atoms. The van der Waals surface area contributed by atoms with Crippen molar-refractivity contribution in [3.8, 4) is 17.0 Å². The standard InChI is InChI=1S/C20H17FN4OS/c1-2-26-16-9-7-14(8-10-16)18-11-12-19-22-23-20(25(19)24-18)27-13-15-5-3-4-6-17(15)21/h3-12H,2,13H2,1H3. The van der Waals surface area contributed by atoms with Crippen molar-refractivity contribution in [2.75, 3.05) is 6.61 Å². The molecule has 0 atom stereocenters. The second-order valence-electron chi connectivity index (χ2n) is 5.81. The van der Waals surface area contributed by atoms with Crippen molar-refractivity contribution < 1.29 is 9.13 Å². The van der Waals surface area contributed by atoms with Crippen LogP contribution in [0.2, 0.25) is 0 Å². The Morgan fingerprint density at radius 3 is 2.59 bits per heavy atom. The monoisotopic (exact) mass is 380 g/mol. The van der Waals surface area contributed by atoms with E-state index in [9.17, 15) is 4.39 Å². The molecule has 0 bridgehead atoms. The van der Waals surface area contributed by atoms with Gasteiger partial charge < -0.3 is 4.74 Å². The average molecular weight is 380 g/mol. The normalized spacial score (nSPS) is 11.0. The second-order valence-corrected chi connectivity index (χ2v) is 6.75. The van der Waals surface area contributed by atoms with Crippen LogP contribution in [0.1, 0.15) is 12.5 Å². The highest BCUT2D eigenvalue weighted by Crippen LogP contribution is 2.25. The number of fused-ring (bicyclic) bond motifs is 1. The number of nitrogens with zero attached hydrogens (tertiary/aromatic N) is 4. The highest BCUT2D eigenvalue weighted by Gasteiger charge is 2.11. The maximum absolute atomic E-state index is 13.8. The number of benzene rings is 2. The Morgan fingerprint density at radius 1 is 1.00 bits per heavy atom. The van der Waals surface area contributed by atoms with Gasteiger partial charge in [0, 0.05) is 11.3 Å². The van der Waals surface area contributed by atoms with Crippen molar-refractivity contribution in [2.45, 2.75) is 17.8 Å². The van der Waals surface area contributed by atoms with Gasteiger partial charge >= 0.3 is 0 Å². The molecule has 2 aromatic carbocycles. The number of ether oxygens (including phenoxy) is 1. The zero-order valence-electron chi connectivity index (χ0n) is 14.7. The first-order chi connectivity index (χ1) is 13.2. The van der Waals surface area contributed by atoms with Crippen molar-refractivity contribution in [1.29, 1.82) is 0 Å². The minimum atomic E-state index is -0.221. The third-order valence-electron chi connectivity index (χ3n) is 4.01. The van der Waals surface area contributed by atoms with Gasteiger partial charge in [-0.05, 0) is 55.0 Å². The van der Waals surface area contributed by atoms with Gasteiger partial charge in [-0.3, -0.25) is 0 Å². The van der Waals surface area contributed by atoms with Crippen LogP contribution in [0.15, 0.2) is 65.8 Å². The Balaban J connectivity index is 1.60. The lowest BCUT2D eigenvalue weighted by molar-refractivity contribution is 0.340. The molecule has 5 nitrogen and oxygen atoms in total. The fourth-order valence-corrected chi connectivity index (χ4v) is 3.53. The number of rotatable bonds is 6. The van der Waals surface area contributed by atoms with Gasteiger partial charge in [-0.25, -0.2) is 4.39 Å². The summed E-state index contributed by atoms with van der Waals surface area (Å²) >= 11 is 1.40. The van der Waals surface area contributed by atoms with Crippen molar-refractivity contribution in [3.05, 3.63) is 72.0 Å². The van der Waals surface area contributed by atoms with E-state index in [1.165, 1.54) is 17.8 Å². The van der Waals surface area contributed by atoms with Crippen LogP contribution in [0.4, 0.5) is 4.39 Å². The molecule has 0 radical (unpaired) electrons. The van der Waals surface area contributed by atoms with E-state index in [2.05, 4.69) is 15.3 Å². The summed E-state index contributed by atoms with van der Waals surface area (Å²) in [4.78, 5) is 0. The largest absolute Gasteiger partial charge is 0.494 e. The van der Waals surface area contributed by atoms with Gasteiger partial charge in [0.2, 0.25) is 5.16 Å². The Morgan fingerprint density at radius 2 is 1.81 bits per heavy atom. The van der Waals surface area contributed by atoms with Crippen LogP contribution in [0.25, 0.3) is 16.9 Å². The van der Waals surface area contributed by atoms with Gasteiger partial charge in [0.05, 0.1) is 12.3 Å². The summed E-state index contributed by atoms with van der Waals surface area (Å²) in [5.74, 6) is 1.07. The minimum absolute atomic E-state index is 0.221. The molecule has 0 fully saturated rings. The molecule has 0 aliphatic heterocycles. The third kappa shape index (κ3) is 3.78. The first kappa shape index (κ1) is 17.5. The van der Waals surface area contributed by atoms with E-state index >= 15 is 0 Å². The molecule has 4 rings (SSSR count). The summed E-state index contributed by atoms with van der Waals surface area (Å²) in [6.07, 6.45) is 0. The molecule has 0 unspecified atom stereocenters. The average Bonchev–Trinajstić information content (AvgIpc) is 3.10. The predicted octanol–water partition coefficient (Wildman–Crippen LogP) is 4.62. The van der Waals surface area contributed by atoms with E-state index in [-0.39, 0.29) is 5.82 Å². The molecule has 0 saturated heterocycles. The fourth-order valence-electron chi connectivity index (χ4n) is 2.66. The van der Waals surface area contributed by atoms with Gasteiger partial charge in [-0.1, -0.05) is 30.0 Å². The summed E-state index contributed by atoms with van der Waals surface area (Å²) in [7, 11) is 0. The summed E-state index contributed by atoms with van der Waals surface area (Å²) in [5, 5.41) is 13.6. The van der Waals surface area contributed by atoms with Crippen molar-refractivity contribution in [2.24, 2.45) is 0 Å². The molecule has 0 spiro atoms. The number of thioether (sulfide) groups is 1. The van der Waals surface area contributed by atoms with Crippen molar-refractivity contribution >= 4 is 17.4 Å². The number of hydrogen-bond donors (Lipinski definition) is 0. The summed E-state index contributed by atoms with van der Waals surface area (Å²) in [6.45, 7) is 2.59. The Bertz CT molecular complexity index is 1070. The zero-order valence-corrected chi connectivity index (χ0v) is 15.5. The van der Waals surface area contributed by atoms with E-state index in [0.717, 1.165) is 17.0 Å². The molecule has 0 aliphatic carbocycles. The molecule has 136 valence electrons. The van der Waals surface area contributed by atoms with E-state index < -0.39 is 0 Å². The number of hydrogen-bond acceptors (Lipinski definition) is 5. The van der Waals surface area contributed by atoms with E-state index in [1.807, 2.05) is 49.4 Å². The molecule has 0 saturated carbocycles. The lowest BCUT2D eigenvalue weighted by Gasteiger charge is -2.06. The van der Waals surface area contributed by atoms with Crippen molar-refractivity contribution in [3.63, 3.8) is 0 Å². The molecule has 0 amide bonds. The van der Waals surface area contributed by atoms with Gasteiger partial charge in [-0.15, -0.1) is 10.2 Å². The summed E-state index contributed by atoms with van der Waals surface area (Å²) in [6, 6.07) is 18.3. The first-order valence-corrected chi connectivity index (χ1v) is 9.55. The zero-order chi connectivity index (χ0) is 18.6. The van der Waals surface area contributed by atoms with Crippen LogP contribution in [-0.2, 0) is 5.75 Å². The predicted molar refractivity (Wildman–Crippen MR) is 103 cm³/mol. The van der Waals surface area contributed by atoms with Crippen LogP contribution in [0, 0.1) is 5.82 Å². The van der Waals surface area contributed by atoms with Gasteiger partial charge in [0.1, 0.15) is 11.6 Å². The first-order valence-electron chi connectivity index (χ1n) is 8.56. The van der Waals surface area contributed by atoms with Crippen LogP contribution < -0.4 is 4.74 Å². The smallest absolute Gasteiger partial charge is 0.212 e. The van der Waals surface area contributed by atoms with Gasteiger partial charge in [0.25, 0.3) is 0 Å². The van der Waals surface area contributed by atoms with E-state index in [1.54, 1.807) is 16.6 Å². The highest BCUT2D eigenvalue weighted by atomic mass is 32.2. The van der Waals surface area contributed by atoms with E-state index in [0.29, 0.717) is 28.7 Å². The van der Waals surface area contributed by atoms with Gasteiger partial charge in [0.15, 0.2) is 5.65 Å². The van der Waals surface area contributed by atoms with Crippen LogP contribution in [0.3, 0.4) is 0 Å². The number of halogens is 1. The maximum atomic E-state index is 13.8. The topological polar surface area (TPSA) is 52.3 Å². The molecular weight excluding hydrogens is 363 g/mol. The molecule has 2 aromatic heterocycles. The molecular formula is C20H17FN4OS. The highest BCUT2D eigenvalue weighted by molar-refractivity contribution is 7.98. The van der Waals surface area contributed by atoms with Crippen LogP contribution in [0.5, 0.6) is 5.75 Å². The lowest BCUT2D eigenvalue weighted by atomic mass is 10.1. The number of aromatic nitrogens is 4. The molecule has 2 heterocycles. The Kier molecular flexibility index (Phi) is 5.02. The quantitative estimate of drug-likeness (QED) is 0.457. The van der Waals surface area contributed by atoms with E-state index in [4.69, 9.17) is 4.74 Å². The SMILES string of the molecule is CCOc1ccc(-c2ccc3nnc(SCc4ccccc4F)n3n2)cc1. The van der Waals surface area contributed by atoms with Gasteiger partial charge in [-0.2, -0.15) is 9.61 Å². The molecule has 0 aliphatic rings. The molecule has 7 heteroatoms. The Labute approximate surface area is 160 Å². The third-order valence-corrected chi connectivity index (χ3v) is 4.98.